The average molecular weight is 431 g/mol. The quantitative estimate of drug-likeness (QED) is 0.673. The third kappa shape index (κ3) is 4.11. The largest absolute Gasteiger partial charge is 0.355 e. The van der Waals surface area contributed by atoms with Gasteiger partial charge in [-0.05, 0) is 45.1 Å². The number of carbonyl (C=O) groups excluding carboxylic acids is 1. The van der Waals surface area contributed by atoms with Gasteiger partial charge in [0.2, 0.25) is 5.91 Å². The van der Waals surface area contributed by atoms with Crippen molar-refractivity contribution < 1.29 is 4.79 Å². The molecule has 32 heavy (non-hydrogen) atoms. The Morgan fingerprint density at radius 2 is 2.00 bits per heavy atom. The number of piperidine rings is 1. The molecule has 1 aromatic carbocycles. The number of nitrogens with zero attached hydrogens (tertiary/aromatic N) is 5. The number of hydrogen-bond acceptors (Lipinski definition) is 5. The first-order chi connectivity index (χ1) is 15.6. The van der Waals surface area contributed by atoms with Gasteiger partial charge in [0, 0.05) is 42.7 Å². The summed E-state index contributed by atoms with van der Waals surface area (Å²) in [4.78, 5) is 25.2. The van der Waals surface area contributed by atoms with Crippen molar-refractivity contribution in [3.05, 3.63) is 59.0 Å². The number of fused-ring (bicyclic) bond motifs is 1. The van der Waals surface area contributed by atoms with Gasteiger partial charge in [0.05, 0.1) is 18.2 Å². The molecule has 3 aromatic rings. The molecule has 1 fully saturated rings. The van der Waals surface area contributed by atoms with Crippen LogP contribution < -0.4 is 10.2 Å². The van der Waals surface area contributed by atoms with Gasteiger partial charge in [0.25, 0.3) is 0 Å². The molecule has 1 aliphatic heterocycles. The van der Waals surface area contributed by atoms with E-state index in [2.05, 4.69) is 27.4 Å². The molecule has 0 bridgehead atoms. The molecule has 1 amide bonds. The van der Waals surface area contributed by atoms with E-state index in [-0.39, 0.29) is 11.8 Å². The Morgan fingerprint density at radius 1 is 1.16 bits per heavy atom. The minimum atomic E-state index is -0.0410. The summed E-state index contributed by atoms with van der Waals surface area (Å²) in [5.41, 5.74) is 5.47. The Balaban J connectivity index is 1.34. The molecule has 1 aliphatic carbocycles. The maximum atomic E-state index is 13.0. The van der Waals surface area contributed by atoms with Gasteiger partial charge in [0.15, 0.2) is 5.82 Å². The SMILES string of the molecule is Cc1cc(CNC(=O)[C@H]2CCCN(c3nc(-c4ccccc4)nc4c3CCC4)C2)nn1C. The lowest BCUT2D eigenvalue weighted by Gasteiger charge is -2.34. The summed E-state index contributed by atoms with van der Waals surface area (Å²) >= 11 is 0. The number of hydrogen-bond donors (Lipinski definition) is 1. The predicted molar refractivity (Wildman–Crippen MR) is 124 cm³/mol. The second-order valence-corrected chi connectivity index (χ2v) is 8.92. The highest BCUT2D eigenvalue weighted by Gasteiger charge is 2.30. The Bertz CT molecular complexity index is 1100. The molecule has 5 rings (SSSR count). The second-order valence-electron chi connectivity index (χ2n) is 8.92. The van der Waals surface area contributed by atoms with Gasteiger partial charge in [-0.2, -0.15) is 5.10 Å². The number of carbonyl (C=O) groups is 1. The summed E-state index contributed by atoms with van der Waals surface area (Å²) in [6, 6.07) is 12.2. The fraction of sp³-hybridized carbons (Fsp3) is 0.440. The van der Waals surface area contributed by atoms with Crippen LogP contribution in [-0.4, -0.2) is 38.7 Å². The van der Waals surface area contributed by atoms with E-state index >= 15 is 0 Å². The molecule has 7 heteroatoms. The van der Waals surface area contributed by atoms with E-state index in [1.165, 1.54) is 11.3 Å². The maximum Gasteiger partial charge on any atom is 0.225 e. The molecule has 1 N–H and O–H groups in total. The number of benzene rings is 1. The summed E-state index contributed by atoms with van der Waals surface area (Å²) in [6.45, 7) is 4.12. The second kappa shape index (κ2) is 8.73. The molecule has 166 valence electrons. The zero-order valence-corrected chi connectivity index (χ0v) is 18.8. The van der Waals surface area contributed by atoms with E-state index < -0.39 is 0 Å². The van der Waals surface area contributed by atoms with Crippen molar-refractivity contribution in [3.63, 3.8) is 0 Å². The van der Waals surface area contributed by atoms with Crippen LogP contribution in [0.2, 0.25) is 0 Å². The van der Waals surface area contributed by atoms with Crippen molar-refractivity contribution in [2.75, 3.05) is 18.0 Å². The van der Waals surface area contributed by atoms with Gasteiger partial charge in [-0.25, -0.2) is 9.97 Å². The van der Waals surface area contributed by atoms with Crippen molar-refractivity contribution >= 4 is 11.7 Å². The van der Waals surface area contributed by atoms with E-state index in [0.717, 1.165) is 67.2 Å². The van der Waals surface area contributed by atoms with Gasteiger partial charge in [0.1, 0.15) is 5.82 Å². The molecule has 0 spiro atoms. The molecule has 2 aromatic heterocycles. The zero-order valence-electron chi connectivity index (χ0n) is 18.8. The zero-order chi connectivity index (χ0) is 22.1. The Hall–Kier alpha value is -3.22. The minimum absolute atomic E-state index is 0.0410. The van der Waals surface area contributed by atoms with Crippen molar-refractivity contribution in [2.24, 2.45) is 13.0 Å². The smallest absolute Gasteiger partial charge is 0.225 e. The van der Waals surface area contributed by atoms with Crippen LogP contribution >= 0.6 is 0 Å². The molecule has 7 nitrogen and oxygen atoms in total. The minimum Gasteiger partial charge on any atom is -0.355 e. The highest BCUT2D eigenvalue weighted by Crippen LogP contribution is 2.33. The van der Waals surface area contributed by atoms with Crippen molar-refractivity contribution in [1.82, 2.24) is 25.1 Å². The van der Waals surface area contributed by atoms with Crippen LogP contribution in [0.4, 0.5) is 5.82 Å². The van der Waals surface area contributed by atoms with Gasteiger partial charge in [-0.15, -0.1) is 0 Å². The van der Waals surface area contributed by atoms with Gasteiger partial charge in [-0.1, -0.05) is 30.3 Å². The lowest BCUT2D eigenvalue weighted by atomic mass is 9.96. The van der Waals surface area contributed by atoms with Gasteiger partial charge < -0.3 is 10.2 Å². The van der Waals surface area contributed by atoms with Crippen LogP contribution in [0.1, 0.15) is 41.9 Å². The fourth-order valence-corrected chi connectivity index (χ4v) is 4.82. The maximum absolute atomic E-state index is 13.0. The van der Waals surface area contributed by atoms with E-state index in [0.29, 0.717) is 13.1 Å². The van der Waals surface area contributed by atoms with E-state index in [9.17, 15) is 4.79 Å². The van der Waals surface area contributed by atoms with Crippen molar-refractivity contribution in [3.8, 4) is 11.4 Å². The predicted octanol–water partition coefficient (Wildman–Crippen LogP) is 3.21. The summed E-state index contributed by atoms with van der Waals surface area (Å²) in [7, 11) is 1.92. The third-order valence-electron chi connectivity index (χ3n) is 6.64. The standard InChI is InChI=1S/C25H30N6O/c1-17-14-20(29-30(17)2)15-26-25(32)19-10-7-13-31(16-19)24-21-11-6-12-22(21)27-23(28-24)18-8-4-3-5-9-18/h3-5,8-9,14,19H,6-7,10-13,15-16H2,1-2H3,(H,26,32)/t19-/m0/s1. The number of aryl methyl sites for hydroxylation is 3. The van der Waals surface area contributed by atoms with Crippen LogP contribution in [0.5, 0.6) is 0 Å². The topological polar surface area (TPSA) is 75.9 Å². The average Bonchev–Trinajstić information content (AvgIpc) is 3.43. The highest BCUT2D eigenvalue weighted by atomic mass is 16.1. The van der Waals surface area contributed by atoms with E-state index in [1.54, 1.807) is 0 Å². The van der Waals surface area contributed by atoms with Crippen LogP contribution in [0.15, 0.2) is 36.4 Å². The molecule has 2 aliphatic rings. The Kier molecular flexibility index (Phi) is 5.64. The summed E-state index contributed by atoms with van der Waals surface area (Å²) < 4.78 is 1.84. The van der Waals surface area contributed by atoms with Gasteiger partial charge >= 0.3 is 0 Å². The molecule has 0 saturated carbocycles. The summed E-state index contributed by atoms with van der Waals surface area (Å²) in [5.74, 6) is 1.88. The van der Waals surface area contributed by atoms with Crippen molar-refractivity contribution in [1.29, 1.82) is 0 Å². The molecular formula is C25H30N6O. The first kappa shape index (κ1) is 20.7. The van der Waals surface area contributed by atoms with Crippen LogP contribution in [0.25, 0.3) is 11.4 Å². The number of nitrogens with one attached hydrogen (secondary N) is 1. The number of anilines is 1. The first-order valence-electron chi connectivity index (χ1n) is 11.6. The number of amides is 1. The highest BCUT2D eigenvalue weighted by molar-refractivity contribution is 5.79. The van der Waals surface area contributed by atoms with E-state index in [4.69, 9.17) is 9.97 Å². The molecule has 3 heterocycles. The van der Waals surface area contributed by atoms with Crippen LogP contribution in [0, 0.1) is 12.8 Å². The van der Waals surface area contributed by atoms with Crippen molar-refractivity contribution in [2.45, 2.75) is 45.6 Å². The normalized spacial score (nSPS) is 17.9. The third-order valence-corrected chi connectivity index (χ3v) is 6.64. The lowest BCUT2D eigenvalue weighted by molar-refractivity contribution is -0.125. The molecule has 0 unspecified atom stereocenters. The fourth-order valence-electron chi connectivity index (χ4n) is 4.82. The lowest BCUT2D eigenvalue weighted by Crippen LogP contribution is -2.43. The Morgan fingerprint density at radius 3 is 2.78 bits per heavy atom. The molecule has 0 radical (unpaired) electrons. The summed E-state index contributed by atoms with van der Waals surface area (Å²) in [5, 5.41) is 7.54. The number of rotatable bonds is 5. The monoisotopic (exact) mass is 430 g/mol. The molecular weight excluding hydrogens is 400 g/mol. The molecule has 1 atom stereocenters. The van der Waals surface area contributed by atoms with Crippen LogP contribution in [-0.2, 0) is 31.2 Å². The van der Waals surface area contributed by atoms with Gasteiger partial charge in [-0.3, -0.25) is 9.48 Å². The van der Waals surface area contributed by atoms with E-state index in [1.807, 2.05) is 42.9 Å². The number of aromatic nitrogens is 4. The Labute approximate surface area is 188 Å². The first-order valence-corrected chi connectivity index (χ1v) is 11.6. The molecule has 1 saturated heterocycles. The van der Waals surface area contributed by atoms with Crippen LogP contribution in [0.3, 0.4) is 0 Å². The summed E-state index contributed by atoms with van der Waals surface area (Å²) in [6.07, 6.45) is 5.04.